The third-order valence-electron chi connectivity index (χ3n) is 4.88. The van der Waals surface area contributed by atoms with Crippen molar-refractivity contribution < 1.29 is 18.3 Å². The Bertz CT molecular complexity index is 546. The number of amides is 2. The van der Waals surface area contributed by atoms with Gasteiger partial charge in [0, 0.05) is 38.6 Å². The molecule has 1 aromatic heterocycles. The van der Waals surface area contributed by atoms with Gasteiger partial charge in [0.05, 0.1) is 0 Å². The summed E-state index contributed by atoms with van der Waals surface area (Å²) in [5, 5.41) is 6.67. The molecule has 0 saturated carbocycles. The topological polar surface area (TPSA) is 59.4 Å². The molecule has 0 aromatic carbocycles. The monoisotopic (exact) mass is 342 g/mol. The molecule has 0 aliphatic carbocycles. The zero-order valence-corrected chi connectivity index (χ0v) is 13.7. The second-order valence-corrected chi connectivity index (χ2v) is 6.54. The van der Waals surface area contributed by atoms with Gasteiger partial charge in [0.1, 0.15) is 6.54 Å². The van der Waals surface area contributed by atoms with Crippen LogP contribution in [-0.4, -0.2) is 53.4 Å². The molecule has 2 saturated heterocycles. The summed E-state index contributed by atoms with van der Waals surface area (Å²) in [4.78, 5) is 14.2. The van der Waals surface area contributed by atoms with E-state index in [1.54, 1.807) is 6.07 Å². The molecule has 1 aromatic rings. The number of piperidine rings is 1. The number of ether oxygens (including phenoxy) is 1. The van der Waals surface area contributed by atoms with Crippen LogP contribution in [0.5, 0.6) is 0 Å². The number of hydrogen-bond donors (Lipinski definition) is 1. The summed E-state index contributed by atoms with van der Waals surface area (Å²) in [5.41, 5.74) is 0. The number of hydrogen-bond acceptors (Lipinski definition) is 3. The molecule has 8 heteroatoms. The maximum absolute atomic E-state index is 12.4. The summed E-state index contributed by atoms with van der Waals surface area (Å²) >= 11 is 0. The Labute approximate surface area is 140 Å². The van der Waals surface area contributed by atoms with Crippen molar-refractivity contribution in [3.05, 3.63) is 12.3 Å². The van der Waals surface area contributed by atoms with E-state index in [1.165, 1.54) is 6.20 Å². The molecular weight excluding hydrogens is 318 g/mol. The second-order valence-electron chi connectivity index (χ2n) is 6.54. The normalized spacial score (nSPS) is 22.8. The highest BCUT2D eigenvalue weighted by Crippen LogP contribution is 2.31. The Morgan fingerprint density at radius 1 is 1.33 bits per heavy atom. The van der Waals surface area contributed by atoms with Crippen LogP contribution in [0.1, 0.15) is 25.7 Å². The van der Waals surface area contributed by atoms with Crippen LogP contribution in [0.25, 0.3) is 0 Å². The van der Waals surface area contributed by atoms with Gasteiger partial charge in [-0.3, -0.25) is 10.00 Å². The fraction of sp³-hybridized carbons (Fsp3) is 0.750. The number of carbonyl (C=O) groups is 1. The Morgan fingerprint density at radius 2 is 2.12 bits per heavy atom. The zero-order valence-electron chi connectivity index (χ0n) is 13.7. The van der Waals surface area contributed by atoms with E-state index in [0.29, 0.717) is 17.7 Å². The van der Waals surface area contributed by atoms with E-state index in [9.17, 15) is 13.6 Å². The molecule has 2 aliphatic heterocycles. The third-order valence-corrected chi connectivity index (χ3v) is 4.88. The Hall–Kier alpha value is -1.70. The molecule has 1 atom stereocenters. The summed E-state index contributed by atoms with van der Waals surface area (Å²) < 4.78 is 31.2. The molecule has 0 spiro atoms. The van der Waals surface area contributed by atoms with E-state index in [1.807, 2.05) is 4.90 Å². The highest BCUT2D eigenvalue weighted by molar-refractivity contribution is 5.88. The second kappa shape index (κ2) is 7.92. The molecule has 6 nitrogen and oxygen atoms in total. The number of rotatable bonds is 4. The number of nitrogens with one attached hydrogen (secondary N) is 1. The predicted molar refractivity (Wildman–Crippen MR) is 85.1 cm³/mol. The van der Waals surface area contributed by atoms with Gasteiger partial charge in [-0.2, -0.15) is 5.10 Å². The first-order valence-electron chi connectivity index (χ1n) is 8.57. The maximum Gasteiger partial charge on any atom is 0.323 e. The van der Waals surface area contributed by atoms with Crippen molar-refractivity contribution >= 4 is 11.8 Å². The van der Waals surface area contributed by atoms with E-state index in [2.05, 4.69) is 10.4 Å². The molecule has 3 heterocycles. The minimum Gasteiger partial charge on any atom is -0.381 e. The van der Waals surface area contributed by atoms with Gasteiger partial charge < -0.3 is 9.64 Å². The van der Waals surface area contributed by atoms with Crippen molar-refractivity contribution in [1.82, 2.24) is 14.7 Å². The number of carbonyl (C=O) groups excluding carboxylic acids is 1. The molecular formula is C16H24F2N4O2. The van der Waals surface area contributed by atoms with Gasteiger partial charge >= 0.3 is 6.03 Å². The minimum atomic E-state index is -2.46. The molecule has 2 fully saturated rings. The summed E-state index contributed by atoms with van der Waals surface area (Å²) in [6, 6.07) is 1.34. The molecule has 1 N–H and O–H groups in total. The van der Waals surface area contributed by atoms with E-state index in [4.69, 9.17) is 4.74 Å². The fourth-order valence-corrected chi connectivity index (χ4v) is 3.63. The van der Waals surface area contributed by atoms with Crippen LogP contribution in [0.4, 0.5) is 19.4 Å². The lowest BCUT2D eigenvalue weighted by Gasteiger charge is -2.38. The highest BCUT2D eigenvalue weighted by Gasteiger charge is 2.30. The van der Waals surface area contributed by atoms with E-state index in [0.717, 1.165) is 56.7 Å². The van der Waals surface area contributed by atoms with Crippen molar-refractivity contribution in [1.29, 1.82) is 0 Å². The fourth-order valence-electron chi connectivity index (χ4n) is 3.63. The van der Waals surface area contributed by atoms with Crippen LogP contribution in [0.2, 0.25) is 0 Å². The number of likely N-dealkylation sites (tertiary alicyclic amines) is 1. The lowest BCUT2D eigenvalue weighted by atomic mass is 9.81. The van der Waals surface area contributed by atoms with E-state index < -0.39 is 13.0 Å². The summed E-state index contributed by atoms with van der Waals surface area (Å²) in [6.07, 6.45) is 3.27. The highest BCUT2D eigenvalue weighted by atomic mass is 19.3. The average Bonchev–Trinajstić information content (AvgIpc) is 3.02. The number of halogens is 2. The number of anilines is 1. The lowest BCUT2D eigenvalue weighted by molar-refractivity contribution is 0.0322. The molecule has 134 valence electrons. The predicted octanol–water partition coefficient (Wildman–Crippen LogP) is 2.82. The molecule has 24 heavy (non-hydrogen) atoms. The summed E-state index contributed by atoms with van der Waals surface area (Å²) in [5.74, 6) is 1.46. The van der Waals surface area contributed by atoms with Crippen molar-refractivity contribution in [2.24, 2.45) is 11.8 Å². The third kappa shape index (κ3) is 4.43. The van der Waals surface area contributed by atoms with Crippen LogP contribution in [-0.2, 0) is 11.3 Å². The van der Waals surface area contributed by atoms with Gasteiger partial charge in [-0.05, 0) is 37.5 Å². The van der Waals surface area contributed by atoms with Gasteiger partial charge in [0.2, 0.25) is 0 Å². The lowest BCUT2D eigenvalue weighted by Crippen LogP contribution is -2.44. The zero-order chi connectivity index (χ0) is 16.9. The van der Waals surface area contributed by atoms with Crippen LogP contribution in [0.3, 0.4) is 0 Å². The van der Waals surface area contributed by atoms with Crippen LogP contribution >= 0.6 is 0 Å². The quantitative estimate of drug-likeness (QED) is 0.915. The van der Waals surface area contributed by atoms with Crippen molar-refractivity contribution in [3.63, 3.8) is 0 Å². The van der Waals surface area contributed by atoms with Crippen LogP contribution in [0.15, 0.2) is 12.3 Å². The molecule has 0 unspecified atom stereocenters. The number of alkyl halides is 2. The molecule has 0 bridgehead atoms. The Kier molecular flexibility index (Phi) is 5.65. The van der Waals surface area contributed by atoms with Gasteiger partial charge in [0.25, 0.3) is 6.43 Å². The first kappa shape index (κ1) is 17.1. The first-order valence-corrected chi connectivity index (χ1v) is 8.57. The SMILES string of the molecule is O=C(Nc1ccn(CC(F)F)n1)N1CCC[C@H](C2CCOCC2)C1. The van der Waals surface area contributed by atoms with E-state index >= 15 is 0 Å². The van der Waals surface area contributed by atoms with E-state index in [-0.39, 0.29) is 6.03 Å². The van der Waals surface area contributed by atoms with Crippen LogP contribution in [0, 0.1) is 11.8 Å². The largest absolute Gasteiger partial charge is 0.381 e. The molecule has 2 aliphatic rings. The van der Waals surface area contributed by atoms with Gasteiger partial charge in [0.15, 0.2) is 5.82 Å². The summed E-state index contributed by atoms with van der Waals surface area (Å²) in [7, 11) is 0. The first-order chi connectivity index (χ1) is 11.6. The number of aromatic nitrogens is 2. The number of nitrogens with zero attached hydrogens (tertiary/aromatic N) is 3. The van der Waals surface area contributed by atoms with Crippen LogP contribution < -0.4 is 5.32 Å². The van der Waals surface area contributed by atoms with Crippen molar-refractivity contribution in [2.75, 3.05) is 31.6 Å². The van der Waals surface area contributed by atoms with Gasteiger partial charge in [-0.15, -0.1) is 0 Å². The average molecular weight is 342 g/mol. The van der Waals surface area contributed by atoms with Gasteiger partial charge in [-0.25, -0.2) is 13.6 Å². The smallest absolute Gasteiger partial charge is 0.323 e. The van der Waals surface area contributed by atoms with Crippen molar-refractivity contribution in [2.45, 2.75) is 38.7 Å². The minimum absolute atomic E-state index is 0.200. The molecule has 2 amide bonds. The summed E-state index contributed by atoms with van der Waals surface area (Å²) in [6.45, 7) is 2.63. The molecule has 0 radical (unpaired) electrons. The maximum atomic E-state index is 12.4. The number of urea groups is 1. The van der Waals surface area contributed by atoms with Gasteiger partial charge in [-0.1, -0.05) is 0 Å². The van der Waals surface area contributed by atoms with Crippen molar-refractivity contribution in [3.8, 4) is 0 Å². The standard InChI is InChI=1S/C16H24F2N4O2/c17-14(18)11-22-7-3-15(20-22)19-16(23)21-6-1-2-13(10-21)12-4-8-24-9-5-12/h3,7,12-14H,1-2,4-6,8-11H2,(H,19,20,23)/t13-/m0/s1. The Balaban J connectivity index is 1.53. The Morgan fingerprint density at radius 3 is 2.88 bits per heavy atom. The molecule has 3 rings (SSSR count).